The maximum Gasteiger partial charge on any atom is 0.251 e. The maximum absolute atomic E-state index is 13.9. The van der Waals surface area contributed by atoms with Crippen LogP contribution >= 0.6 is 0 Å². The Bertz CT molecular complexity index is 1280. The quantitative estimate of drug-likeness (QED) is 0.316. The summed E-state index contributed by atoms with van der Waals surface area (Å²) in [6.45, 7) is 0.741. The highest BCUT2D eigenvalue weighted by Gasteiger charge is 2.44. The van der Waals surface area contributed by atoms with Gasteiger partial charge in [-0.15, -0.1) is 6.42 Å². The van der Waals surface area contributed by atoms with Gasteiger partial charge < -0.3 is 20.5 Å². The van der Waals surface area contributed by atoms with Crippen LogP contribution in [0.1, 0.15) is 45.5 Å². The molecule has 0 saturated heterocycles. The Balaban J connectivity index is 1.48. The zero-order chi connectivity index (χ0) is 27.1. The molecule has 3 aromatic carbocycles. The Labute approximate surface area is 222 Å². The lowest BCUT2D eigenvalue weighted by atomic mass is 9.98. The van der Waals surface area contributed by atoms with Gasteiger partial charge in [-0.25, -0.2) is 8.78 Å². The summed E-state index contributed by atoms with van der Waals surface area (Å²) in [6.07, 6.45) is 7.07. The molecule has 0 heterocycles. The van der Waals surface area contributed by atoms with E-state index in [-0.39, 0.29) is 24.4 Å². The summed E-state index contributed by atoms with van der Waals surface area (Å²) in [6, 6.07) is 17.3. The molecule has 2 atom stereocenters. The van der Waals surface area contributed by atoms with Crippen molar-refractivity contribution in [3.05, 3.63) is 106 Å². The van der Waals surface area contributed by atoms with Gasteiger partial charge in [0.25, 0.3) is 5.91 Å². The van der Waals surface area contributed by atoms with Crippen LogP contribution in [0.4, 0.5) is 8.78 Å². The number of halogens is 2. The van der Waals surface area contributed by atoms with E-state index in [1.807, 2.05) is 36.4 Å². The molecular weight excluding hydrogens is 486 g/mol. The van der Waals surface area contributed by atoms with E-state index < -0.39 is 23.8 Å². The standard InChI is InChI=1S/C31H32F2N2O3/c1-3-21-5-4-6-25(15-21)31(12-13-31)34-20-29(36)28(18-23-16-26(32)19-27(33)17-23)35-30(37)24-9-7-22(8-10-24)11-14-38-2/h1,4-10,15-17,19,28-29,34,36H,11-14,18,20H2,2H3,(H,35,37). The summed E-state index contributed by atoms with van der Waals surface area (Å²) >= 11 is 0. The number of hydrogen-bond acceptors (Lipinski definition) is 4. The van der Waals surface area contributed by atoms with Gasteiger partial charge in [0, 0.05) is 36.4 Å². The summed E-state index contributed by atoms with van der Waals surface area (Å²) in [5.41, 5.74) is 3.31. The van der Waals surface area contributed by atoms with E-state index in [2.05, 4.69) is 16.6 Å². The highest BCUT2D eigenvalue weighted by Crippen LogP contribution is 2.45. The molecule has 3 N–H and O–H groups in total. The second-order valence-corrected chi connectivity index (χ2v) is 9.76. The highest BCUT2D eigenvalue weighted by molar-refractivity contribution is 5.94. The number of ether oxygens (including phenoxy) is 1. The van der Waals surface area contributed by atoms with Gasteiger partial charge in [0.1, 0.15) is 11.6 Å². The van der Waals surface area contributed by atoms with E-state index in [1.165, 1.54) is 12.1 Å². The van der Waals surface area contributed by atoms with Gasteiger partial charge in [-0.1, -0.05) is 30.2 Å². The molecule has 198 valence electrons. The number of nitrogens with one attached hydrogen (secondary N) is 2. The van der Waals surface area contributed by atoms with E-state index in [0.717, 1.165) is 42.0 Å². The number of hydrogen-bond donors (Lipinski definition) is 3. The molecule has 4 rings (SSSR count). The molecule has 1 aliphatic rings. The average molecular weight is 519 g/mol. The second-order valence-electron chi connectivity index (χ2n) is 9.76. The fourth-order valence-corrected chi connectivity index (χ4v) is 4.60. The number of aliphatic hydroxyl groups excluding tert-OH is 1. The number of aliphatic hydroxyl groups is 1. The molecule has 0 aliphatic heterocycles. The first kappa shape index (κ1) is 27.5. The molecule has 5 nitrogen and oxygen atoms in total. The van der Waals surface area contributed by atoms with E-state index in [4.69, 9.17) is 11.2 Å². The Morgan fingerprint density at radius 3 is 2.42 bits per heavy atom. The van der Waals surface area contributed by atoms with E-state index in [9.17, 15) is 18.7 Å². The van der Waals surface area contributed by atoms with Gasteiger partial charge in [-0.2, -0.15) is 0 Å². The fraction of sp³-hybridized carbons (Fsp3) is 0.323. The van der Waals surface area contributed by atoms with Gasteiger partial charge in [-0.3, -0.25) is 4.79 Å². The molecule has 1 aliphatic carbocycles. The first-order valence-electron chi connectivity index (χ1n) is 12.7. The molecular formula is C31H32F2N2O3. The number of terminal acetylenes is 1. The Morgan fingerprint density at radius 2 is 1.79 bits per heavy atom. The third kappa shape index (κ3) is 7.05. The van der Waals surface area contributed by atoms with Crippen molar-refractivity contribution in [2.75, 3.05) is 20.3 Å². The molecule has 0 aromatic heterocycles. The number of amides is 1. The monoisotopic (exact) mass is 518 g/mol. The number of benzene rings is 3. The number of methoxy groups -OCH3 is 1. The van der Waals surface area contributed by atoms with Crippen molar-refractivity contribution in [3.8, 4) is 12.3 Å². The molecule has 7 heteroatoms. The van der Waals surface area contributed by atoms with Crippen LogP contribution in [0.25, 0.3) is 0 Å². The smallest absolute Gasteiger partial charge is 0.251 e. The largest absolute Gasteiger partial charge is 0.390 e. The normalized spacial score (nSPS) is 15.3. The minimum Gasteiger partial charge on any atom is -0.390 e. The number of rotatable bonds is 12. The maximum atomic E-state index is 13.9. The summed E-state index contributed by atoms with van der Waals surface area (Å²) in [5.74, 6) is 0.836. The van der Waals surface area contributed by atoms with E-state index in [0.29, 0.717) is 17.7 Å². The molecule has 2 unspecified atom stereocenters. The van der Waals surface area contributed by atoms with E-state index in [1.54, 1.807) is 19.2 Å². The Morgan fingerprint density at radius 1 is 1.08 bits per heavy atom. The van der Waals surface area contributed by atoms with Gasteiger partial charge in [0.15, 0.2) is 0 Å². The predicted octanol–water partition coefficient (Wildman–Crippen LogP) is 4.12. The van der Waals surface area contributed by atoms with Crippen molar-refractivity contribution in [2.24, 2.45) is 0 Å². The van der Waals surface area contributed by atoms with Crippen LogP contribution in [0.3, 0.4) is 0 Å². The van der Waals surface area contributed by atoms with Crippen LogP contribution in [0.2, 0.25) is 0 Å². The molecule has 3 aromatic rings. The van der Waals surface area contributed by atoms with Crippen LogP contribution in [0.15, 0.2) is 66.7 Å². The fourth-order valence-electron chi connectivity index (χ4n) is 4.60. The Hall–Kier alpha value is -3.57. The third-order valence-electron chi connectivity index (χ3n) is 6.95. The minimum absolute atomic E-state index is 0.0504. The van der Waals surface area contributed by atoms with E-state index >= 15 is 0 Å². The molecule has 0 bridgehead atoms. The molecule has 0 radical (unpaired) electrons. The van der Waals surface area contributed by atoms with Crippen molar-refractivity contribution in [1.29, 1.82) is 0 Å². The van der Waals surface area contributed by atoms with Crippen molar-refractivity contribution < 1.29 is 23.4 Å². The van der Waals surface area contributed by atoms with Crippen LogP contribution in [-0.4, -0.2) is 43.4 Å². The van der Waals surface area contributed by atoms with Crippen molar-refractivity contribution in [3.63, 3.8) is 0 Å². The second kappa shape index (κ2) is 12.3. The van der Waals surface area contributed by atoms with Crippen molar-refractivity contribution >= 4 is 5.91 Å². The molecule has 1 saturated carbocycles. The zero-order valence-corrected chi connectivity index (χ0v) is 21.3. The van der Waals surface area contributed by atoms with Crippen molar-refractivity contribution in [1.82, 2.24) is 10.6 Å². The lowest BCUT2D eigenvalue weighted by Crippen LogP contribution is -2.50. The Kier molecular flexibility index (Phi) is 8.90. The van der Waals surface area contributed by atoms with Gasteiger partial charge in [0.2, 0.25) is 0 Å². The third-order valence-corrected chi connectivity index (χ3v) is 6.95. The summed E-state index contributed by atoms with van der Waals surface area (Å²) in [5, 5.41) is 17.5. The summed E-state index contributed by atoms with van der Waals surface area (Å²) in [7, 11) is 1.63. The molecule has 1 amide bonds. The average Bonchev–Trinajstić information content (AvgIpc) is 3.71. The van der Waals surface area contributed by atoms with Gasteiger partial charge in [0.05, 0.1) is 18.8 Å². The molecule has 38 heavy (non-hydrogen) atoms. The minimum atomic E-state index is -1.03. The lowest BCUT2D eigenvalue weighted by Gasteiger charge is -2.27. The topological polar surface area (TPSA) is 70.6 Å². The molecule has 1 fully saturated rings. The van der Waals surface area contributed by atoms with Gasteiger partial charge >= 0.3 is 0 Å². The highest BCUT2D eigenvalue weighted by atomic mass is 19.1. The molecule has 0 spiro atoms. The van der Waals surface area contributed by atoms with Gasteiger partial charge in [-0.05, 0) is 78.8 Å². The summed E-state index contributed by atoms with van der Waals surface area (Å²) in [4.78, 5) is 13.1. The van der Waals surface area contributed by atoms with Crippen LogP contribution in [0.5, 0.6) is 0 Å². The van der Waals surface area contributed by atoms with Crippen LogP contribution < -0.4 is 10.6 Å². The first-order chi connectivity index (χ1) is 18.3. The van der Waals surface area contributed by atoms with Crippen molar-refractivity contribution in [2.45, 2.75) is 43.4 Å². The SMILES string of the molecule is C#Cc1cccc(C2(NCC(O)C(Cc3cc(F)cc(F)c3)NC(=O)c3ccc(CCOC)cc3)CC2)c1. The predicted molar refractivity (Wildman–Crippen MR) is 143 cm³/mol. The zero-order valence-electron chi connectivity index (χ0n) is 21.3. The van der Waals surface area contributed by atoms with Crippen LogP contribution in [0, 0.1) is 24.0 Å². The number of carbonyl (C=O) groups is 1. The number of carbonyl (C=O) groups excluding carboxylic acids is 1. The lowest BCUT2D eigenvalue weighted by molar-refractivity contribution is 0.0822. The summed E-state index contributed by atoms with van der Waals surface area (Å²) < 4.78 is 32.8. The van der Waals surface area contributed by atoms with Crippen LogP contribution in [-0.2, 0) is 23.1 Å². The first-order valence-corrected chi connectivity index (χ1v) is 12.7.